The van der Waals surface area contributed by atoms with Crippen molar-refractivity contribution in [3.05, 3.63) is 48.0 Å². The molecule has 4 nitrogen and oxygen atoms in total. The Kier molecular flexibility index (Phi) is 2.99. The lowest BCUT2D eigenvalue weighted by Crippen LogP contribution is -2.02. The SMILES string of the molecule is CCn1nc(-c2ccc3ccccc3c2)c(C=O)c1N. The number of carbonyl (C=O) groups is 1. The fraction of sp³-hybridized carbons (Fsp3) is 0.125. The van der Waals surface area contributed by atoms with Crippen LogP contribution < -0.4 is 5.73 Å². The van der Waals surface area contributed by atoms with E-state index >= 15 is 0 Å². The van der Waals surface area contributed by atoms with Gasteiger partial charge >= 0.3 is 0 Å². The maximum Gasteiger partial charge on any atom is 0.156 e. The minimum atomic E-state index is 0.422. The number of nitrogen functional groups attached to an aromatic ring is 1. The molecule has 3 aromatic rings. The second-order valence-corrected chi connectivity index (χ2v) is 4.64. The quantitative estimate of drug-likeness (QED) is 0.740. The molecule has 0 aliphatic heterocycles. The Morgan fingerprint density at radius 2 is 1.95 bits per heavy atom. The second kappa shape index (κ2) is 4.81. The first-order valence-corrected chi connectivity index (χ1v) is 6.55. The van der Waals surface area contributed by atoms with E-state index in [1.54, 1.807) is 4.68 Å². The predicted molar refractivity (Wildman–Crippen MR) is 80.6 cm³/mol. The van der Waals surface area contributed by atoms with Gasteiger partial charge in [0.05, 0.1) is 5.56 Å². The van der Waals surface area contributed by atoms with E-state index in [0.717, 1.165) is 22.6 Å². The summed E-state index contributed by atoms with van der Waals surface area (Å²) < 4.78 is 1.65. The third-order valence-corrected chi connectivity index (χ3v) is 3.47. The van der Waals surface area contributed by atoms with Gasteiger partial charge in [0.2, 0.25) is 0 Å². The number of carbonyl (C=O) groups excluding carboxylic acids is 1. The van der Waals surface area contributed by atoms with Crippen molar-refractivity contribution in [1.29, 1.82) is 0 Å². The number of fused-ring (bicyclic) bond motifs is 1. The Morgan fingerprint density at radius 1 is 1.20 bits per heavy atom. The molecule has 0 radical (unpaired) electrons. The zero-order valence-electron chi connectivity index (χ0n) is 11.2. The summed E-state index contributed by atoms with van der Waals surface area (Å²) in [5, 5.41) is 6.71. The highest BCUT2D eigenvalue weighted by molar-refractivity contribution is 5.94. The summed E-state index contributed by atoms with van der Waals surface area (Å²) in [5.74, 6) is 0.422. The summed E-state index contributed by atoms with van der Waals surface area (Å²) in [7, 11) is 0. The summed E-state index contributed by atoms with van der Waals surface area (Å²) in [4.78, 5) is 11.3. The molecule has 0 saturated heterocycles. The van der Waals surface area contributed by atoms with Crippen LogP contribution in [0.5, 0.6) is 0 Å². The van der Waals surface area contributed by atoms with Gasteiger partial charge in [-0.3, -0.25) is 4.79 Å². The molecule has 0 unspecified atom stereocenters. The monoisotopic (exact) mass is 265 g/mol. The molecule has 1 heterocycles. The first kappa shape index (κ1) is 12.4. The number of nitrogens with zero attached hydrogens (tertiary/aromatic N) is 2. The maximum atomic E-state index is 11.3. The van der Waals surface area contributed by atoms with Crippen molar-refractivity contribution >= 4 is 22.9 Å². The van der Waals surface area contributed by atoms with E-state index in [-0.39, 0.29) is 0 Å². The molecule has 2 N–H and O–H groups in total. The van der Waals surface area contributed by atoms with Crippen molar-refractivity contribution in [2.45, 2.75) is 13.5 Å². The molecule has 0 amide bonds. The van der Waals surface area contributed by atoms with Crippen LogP contribution in [0, 0.1) is 0 Å². The number of nitrogens with two attached hydrogens (primary N) is 1. The van der Waals surface area contributed by atoms with Gasteiger partial charge in [0.1, 0.15) is 11.5 Å². The number of rotatable bonds is 3. The molecule has 3 rings (SSSR count). The first-order chi connectivity index (χ1) is 9.74. The highest BCUT2D eigenvalue weighted by Crippen LogP contribution is 2.28. The van der Waals surface area contributed by atoms with Crippen molar-refractivity contribution < 1.29 is 4.79 Å². The lowest BCUT2D eigenvalue weighted by atomic mass is 10.0. The smallest absolute Gasteiger partial charge is 0.156 e. The van der Waals surface area contributed by atoms with Gasteiger partial charge in [-0.25, -0.2) is 4.68 Å². The summed E-state index contributed by atoms with van der Waals surface area (Å²) in [6.07, 6.45) is 0.777. The summed E-state index contributed by atoms with van der Waals surface area (Å²) in [5.41, 5.74) is 7.96. The molecule has 1 aromatic heterocycles. The average Bonchev–Trinajstić information content (AvgIpc) is 2.82. The van der Waals surface area contributed by atoms with Crippen LogP contribution in [0.4, 0.5) is 5.82 Å². The standard InChI is InChI=1S/C16H15N3O/c1-2-19-16(17)14(10-20)15(18-19)13-8-7-11-5-3-4-6-12(11)9-13/h3-10H,2,17H2,1H3. The van der Waals surface area contributed by atoms with E-state index in [2.05, 4.69) is 11.2 Å². The number of anilines is 1. The Labute approximate surface area is 116 Å². The Morgan fingerprint density at radius 3 is 2.65 bits per heavy atom. The fourth-order valence-electron chi connectivity index (χ4n) is 2.40. The fourth-order valence-corrected chi connectivity index (χ4v) is 2.40. The number of aromatic nitrogens is 2. The zero-order valence-corrected chi connectivity index (χ0v) is 11.2. The van der Waals surface area contributed by atoms with Gasteiger partial charge < -0.3 is 5.73 Å². The number of hydrogen-bond acceptors (Lipinski definition) is 3. The van der Waals surface area contributed by atoms with Crippen LogP contribution in [0.1, 0.15) is 17.3 Å². The minimum Gasteiger partial charge on any atom is -0.383 e. The highest BCUT2D eigenvalue weighted by Gasteiger charge is 2.15. The van der Waals surface area contributed by atoms with Gasteiger partial charge in [-0.2, -0.15) is 5.10 Å². The van der Waals surface area contributed by atoms with Gasteiger partial charge in [0.15, 0.2) is 6.29 Å². The maximum absolute atomic E-state index is 11.3. The van der Waals surface area contributed by atoms with Crippen LogP contribution in [-0.4, -0.2) is 16.1 Å². The van der Waals surface area contributed by atoms with Gasteiger partial charge in [0, 0.05) is 12.1 Å². The van der Waals surface area contributed by atoms with E-state index in [0.29, 0.717) is 23.6 Å². The molecule has 0 fully saturated rings. The number of aldehydes is 1. The van der Waals surface area contributed by atoms with E-state index in [1.807, 2.05) is 43.3 Å². The van der Waals surface area contributed by atoms with Crippen molar-refractivity contribution in [1.82, 2.24) is 9.78 Å². The molecule has 0 spiro atoms. The molecule has 100 valence electrons. The molecular formula is C16H15N3O. The summed E-state index contributed by atoms with van der Waals surface area (Å²) in [6.45, 7) is 2.59. The van der Waals surface area contributed by atoms with Crippen LogP contribution >= 0.6 is 0 Å². The van der Waals surface area contributed by atoms with Gasteiger partial charge in [-0.15, -0.1) is 0 Å². The minimum absolute atomic E-state index is 0.422. The Bertz CT molecular complexity index is 790. The van der Waals surface area contributed by atoms with Gasteiger partial charge in [-0.1, -0.05) is 36.4 Å². The molecule has 0 atom stereocenters. The van der Waals surface area contributed by atoms with E-state index in [4.69, 9.17) is 5.73 Å². The largest absolute Gasteiger partial charge is 0.383 e. The van der Waals surface area contributed by atoms with Crippen molar-refractivity contribution in [2.24, 2.45) is 0 Å². The Hall–Kier alpha value is -2.62. The molecule has 2 aromatic carbocycles. The normalized spacial score (nSPS) is 10.8. The number of aryl methyl sites for hydroxylation is 1. The average molecular weight is 265 g/mol. The van der Waals surface area contributed by atoms with E-state index < -0.39 is 0 Å². The van der Waals surface area contributed by atoms with E-state index in [1.165, 1.54) is 0 Å². The van der Waals surface area contributed by atoms with Crippen LogP contribution in [0.15, 0.2) is 42.5 Å². The summed E-state index contributed by atoms with van der Waals surface area (Å²) >= 11 is 0. The molecule has 20 heavy (non-hydrogen) atoms. The Balaban J connectivity index is 2.22. The van der Waals surface area contributed by atoms with Gasteiger partial charge in [-0.05, 0) is 23.8 Å². The van der Waals surface area contributed by atoms with E-state index in [9.17, 15) is 4.79 Å². The lowest BCUT2D eigenvalue weighted by molar-refractivity contribution is 0.112. The highest BCUT2D eigenvalue weighted by atomic mass is 16.1. The third kappa shape index (κ3) is 1.86. The molecule has 0 aliphatic carbocycles. The second-order valence-electron chi connectivity index (χ2n) is 4.64. The molecule has 0 saturated carbocycles. The third-order valence-electron chi connectivity index (χ3n) is 3.47. The number of hydrogen-bond donors (Lipinski definition) is 1. The molecule has 0 bridgehead atoms. The van der Waals surface area contributed by atoms with Crippen LogP contribution in [0.25, 0.3) is 22.0 Å². The predicted octanol–water partition coefficient (Wildman–Crippen LogP) is 3.12. The first-order valence-electron chi connectivity index (χ1n) is 6.55. The van der Waals surface area contributed by atoms with Crippen LogP contribution in [0.3, 0.4) is 0 Å². The summed E-state index contributed by atoms with van der Waals surface area (Å²) in [6, 6.07) is 14.1. The van der Waals surface area contributed by atoms with Crippen molar-refractivity contribution in [3.63, 3.8) is 0 Å². The van der Waals surface area contributed by atoms with Gasteiger partial charge in [0.25, 0.3) is 0 Å². The van der Waals surface area contributed by atoms with Crippen molar-refractivity contribution in [2.75, 3.05) is 5.73 Å². The van der Waals surface area contributed by atoms with Crippen molar-refractivity contribution in [3.8, 4) is 11.3 Å². The number of benzene rings is 2. The van der Waals surface area contributed by atoms with Crippen LogP contribution in [-0.2, 0) is 6.54 Å². The molecule has 0 aliphatic rings. The molecular weight excluding hydrogens is 250 g/mol. The van der Waals surface area contributed by atoms with Crippen LogP contribution in [0.2, 0.25) is 0 Å². The topological polar surface area (TPSA) is 60.9 Å². The molecule has 4 heteroatoms. The zero-order chi connectivity index (χ0) is 14.1. The lowest BCUT2D eigenvalue weighted by Gasteiger charge is -2.01.